The standard InChI is InChI=1S/C22H25ClO4/c1-22(2,3)16-10-11-20(19(23)12-16)27-13-15-8-6-7-9-17(15)18(14-25-4)21(24)26-5/h6-12,14H,13H2,1-5H3/b18-14+. The topological polar surface area (TPSA) is 44.8 Å². The molecule has 2 aromatic rings. The number of benzene rings is 2. The summed E-state index contributed by atoms with van der Waals surface area (Å²) in [4.78, 5) is 12.1. The lowest BCUT2D eigenvalue weighted by atomic mass is 9.87. The molecule has 0 spiro atoms. The van der Waals surface area contributed by atoms with E-state index in [0.29, 0.717) is 21.9 Å². The first-order valence-electron chi connectivity index (χ1n) is 8.60. The van der Waals surface area contributed by atoms with Gasteiger partial charge in [-0.2, -0.15) is 0 Å². The summed E-state index contributed by atoms with van der Waals surface area (Å²) in [6.07, 6.45) is 1.37. The second-order valence-corrected chi connectivity index (χ2v) is 7.51. The summed E-state index contributed by atoms with van der Waals surface area (Å²) >= 11 is 6.40. The summed E-state index contributed by atoms with van der Waals surface area (Å²) in [5.74, 6) is 0.117. The molecule has 0 aliphatic heterocycles. The number of carbonyl (C=O) groups is 1. The average Bonchev–Trinajstić information content (AvgIpc) is 2.64. The Hall–Kier alpha value is -2.46. The monoisotopic (exact) mass is 388 g/mol. The number of halogens is 1. The molecule has 2 aromatic carbocycles. The second-order valence-electron chi connectivity index (χ2n) is 7.10. The lowest BCUT2D eigenvalue weighted by Crippen LogP contribution is -2.11. The van der Waals surface area contributed by atoms with Crippen molar-refractivity contribution < 1.29 is 19.0 Å². The molecule has 0 aliphatic carbocycles. The molecule has 144 valence electrons. The Kier molecular flexibility index (Phi) is 6.92. The van der Waals surface area contributed by atoms with Crippen molar-refractivity contribution in [3.05, 3.63) is 70.4 Å². The van der Waals surface area contributed by atoms with E-state index in [0.717, 1.165) is 11.1 Å². The van der Waals surface area contributed by atoms with Crippen molar-refractivity contribution in [3.8, 4) is 5.75 Å². The Morgan fingerprint density at radius 1 is 1.11 bits per heavy atom. The number of rotatable bonds is 6. The van der Waals surface area contributed by atoms with Crippen molar-refractivity contribution in [2.24, 2.45) is 0 Å². The largest absolute Gasteiger partial charge is 0.503 e. The van der Waals surface area contributed by atoms with Gasteiger partial charge >= 0.3 is 5.97 Å². The minimum Gasteiger partial charge on any atom is -0.503 e. The SMILES string of the molecule is CO/C=C(/C(=O)OC)c1ccccc1COc1ccc(C(C)(C)C)cc1Cl. The molecule has 0 heterocycles. The number of methoxy groups -OCH3 is 2. The molecule has 4 nitrogen and oxygen atoms in total. The van der Waals surface area contributed by atoms with E-state index >= 15 is 0 Å². The van der Waals surface area contributed by atoms with Gasteiger partial charge in [-0.1, -0.05) is 62.7 Å². The zero-order chi connectivity index (χ0) is 20.0. The highest BCUT2D eigenvalue weighted by molar-refractivity contribution is 6.32. The fourth-order valence-electron chi connectivity index (χ4n) is 2.60. The predicted molar refractivity (Wildman–Crippen MR) is 108 cm³/mol. The molecule has 0 aliphatic rings. The summed E-state index contributed by atoms with van der Waals surface area (Å²) in [6, 6.07) is 13.2. The second kappa shape index (κ2) is 8.96. The number of hydrogen-bond donors (Lipinski definition) is 0. The number of carbonyl (C=O) groups excluding carboxylic acids is 1. The number of esters is 1. The van der Waals surface area contributed by atoms with Crippen LogP contribution in [0.5, 0.6) is 5.75 Å². The predicted octanol–water partition coefficient (Wildman–Crippen LogP) is 5.38. The van der Waals surface area contributed by atoms with Crippen LogP contribution in [0.15, 0.2) is 48.7 Å². The van der Waals surface area contributed by atoms with Gasteiger partial charge in [0, 0.05) is 0 Å². The maximum absolute atomic E-state index is 12.1. The van der Waals surface area contributed by atoms with Gasteiger partial charge in [0.2, 0.25) is 0 Å². The minimum atomic E-state index is -0.475. The average molecular weight is 389 g/mol. The van der Waals surface area contributed by atoms with Gasteiger partial charge in [-0.3, -0.25) is 0 Å². The Labute approximate surface area is 165 Å². The van der Waals surface area contributed by atoms with Gasteiger partial charge in [0.25, 0.3) is 0 Å². The fourth-order valence-corrected chi connectivity index (χ4v) is 2.83. The van der Waals surface area contributed by atoms with Crippen molar-refractivity contribution >= 4 is 23.1 Å². The molecule has 2 rings (SSSR count). The van der Waals surface area contributed by atoms with Gasteiger partial charge in [0.15, 0.2) is 0 Å². The van der Waals surface area contributed by atoms with Crippen molar-refractivity contribution in [1.29, 1.82) is 0 Å². The van der Waals surface area contributed by atoms with Crippen molar-refractivity contribution in [2.75, 3.05) is 14.2 Å². The zero-order valence-electron chi connectivity index (χ0n) is 16.3. The molecular formula is C22H25ClO4. The van der Waals surface area contributed by atoms with Crippen LogP contribution in [0.1, 0.15) is 37.5 Å². The van der Waals surface area contributed by atoms with Crippen LogP contribution in [-0.2, 0) is 26.3 Å². The third kappa shape index (κ3) is 5.27. The Morgan fingerprint density at radius 2 is 1.81 bits per heavy atom. The number of hydrogen-bond acceptors (Lipinski definition) is 4. The summed E-state index contributed by atoms with van der Waals surface area (Å²) in [6.45, 7) is 6.65. The van der Waals surface area contributed by atoms with Crippen LogP contribution in [0.25, 0.3) is 5.57 Å². The van der Waals surface area contributed by atoms with Crippen LogP contribution < -0.4 is 4.74 Å². The van der Waals surface area contributed by atoms with Crippen LogP contribution in [0, 0.1) is 0 Å². The van der Waals surface area contributed by atoms with E-state index in [9.17, 15) is 4.79 Å². The van der Waals surface area contributed by atoms with Crippen LogP contribution in [0.2, 0.25) is 5.02 Å². The molecule has 0 fully saturated rings. The molecule has 0 N–H and O–H groups in total. The van der Waals surface area contributed by atoms with Crippen molar-refractivity contribution in [2.45, 2.75) is 32.8 Å². The molecule has 0 saturated carbocycles. The molecule has 0 saturated heterocycles. The van der Waals surface area contributed by atoms with E-state index in [1.165, 1.54) is 20.5 Å². The summed E-state index contributed by atoms with van der Waals surface area (Å²) in [5.41, 5.74) is 2.98. The Balaban J connectivity index is 2.27. The van der Waals surface area contributed by atoms with E-state index in [1.807, 2.05) is 42.5 Å². The summed E-state index contributed by atoms with van der Waals surface area (Å²) in [7, 11) is 2.82. The first-order chi connectivity index (χ1) is 12.8. The molecule has 0 atom stereocenters. The van der Waals surface area contributed by atoms with Gasteiger partial charge in [-0.15, -0.1) is 0 Å². The Bertz CT molecular complexity index is 834. The molecule has 0 bridgehead atoms. The summed E-state index contributed by atoms with van der Waals surface area (Å²) < 4.78 is 15.8. The van der Waals surface area contributed by atoms with E-state index in [4.69, 9.17) is 25.8 Å². The molecular weight excluding hydrogens is 364 g/mol. The van der Waals surface area contributed by atoms with Crippen LogP contribution >= 0.6 is 11.6 Å². The van der Waals surface area contributed by atoms with Crippen LogP contribution in [0.3, 0.4) is 0 Å². The van der Waals surface area contributed by atoms with E-state index in [1.54, 1.807) is 0 Å². The van der Waals surface area contributed by atoms with Gasteiger partial charge in [0.05, 0.1) is 25.5 Å². The molecule has 0 amide bonds. The van der Waals surface area contributed by atoms with Gasteiger partial charge in [-0.25, -0.2) is 4.79 Å². The quantitative estimate of drug-likeness (QED) is 0.378. The van der Waals surface area contributed by atoms with E-state index < -0.39 is 5.97 Å². The van der Waals surface area contributed by atoms with Gasteiger partial charge < -0.3 is 14.2 Å². The lowest BCUT2D eigenvalue weighted by Gasteiger charge is -2.20. The first kappa shape index (κ1) is 20.8. The minimum absolute atomic E-state index is 0.00906. The Morgan fingerprint density at radius 3 is 2.41 bits per heavy atom. The maximum atomic E-state index is 12.1. The van der Waals surface area contributed by atoms with Gasteiger partial charge in [-0.05, 0) is 34.2 Å². The van der Waals surface area contributed by atoms with E-state index in [2.05, 4.69) is 20.8 Å². The lowest BCUT2D eigenvalue weighted by molar-refractivity contribution is -0.133. The first-order valence-corrected chi connectivity index (χ1v) is 8.98. The highest BCUT2D eigenvalue weighted by atomic mass is 35.5. The van der Waals surface area contributed by atoms with Crippen molar-refractivity contribution in [3.63, 3.8) is 0 Å². The number of ether oxygens (including phenoxy) is 3. The highest BCUT2D eigenvalue weighted by Gasteiger charge is 2.18. The van der Waals surface area contributed by atoms with Crippen molar-refractivity contribution in [1.82, 2.24) is 0 Å². The summed E-state index contributed by atoms with van der Waals surface area (Å²) in [5, 5.41) is 0.556. The highest BCUT2D eigenvalue weighted by Crippen LogP contribution is 2.32. The third-order valence-corrected chi connectivity index (χ3v) is 4.42. The molecule has 0 aromatic heterocycles. The zero-order valence-corrected chi connectivity index (χ0v) is 17.1. The van der Waals surface area contributed by atoms with E-state index in [-0.39, 0.29) is 12.0 Å². The molecule has 5 heteroatoms. The fraction of sp³-hybridized carbons (Fsp3) is 0.318. The smallest absolute Gasteiger partial charge is 0.341 e. The molecule has 0 unspecified atom stereocenters. The van der Waals surface area contributed by atoms with Crippen LogP contribution in [0.4, 0.5) is 0 Å². The molecule has 0 radical (unpaired) electrons. The normalized spacial score (nSPS) is 11.9. The maximum Gasteiger partial charge on any atom is 0.341 e. The third-order valence-electron chi connectivity index (χ3n) is 4.13. The molecule has 27 heavy (non-hydrogen) atoms. The van der Waals surface area contributed by atoms with Gasteiger partial charge in [0.1, 0.15) is 17.9 Å². The van der Waals surface area contributed by atoms with Crippen LogP contribution in [-0.4, -0.2) is 20.2 Å².